The highest BCUT2D eigenvalue weighted by molar-refractivity contribution is 5.99. The Morgan fingerprint density at radius 2 is 1.80 bits per heavy atom. The number of pyridine rings is 1. The summed E-state index contributed by atoms with van der Waals surface area (Å²) >= 11 is 0. The van der Waals surface area contributed by atoms with Crippen molar-refractivity contribution in [1.82, 2.24) is 24.3 Å². The second-order valence-electron chi connectivity index (χ2n) is 12.3. The van der Waals surface area contributed by atoms with E-state index in [4.69, 9.17) is 0 Å². The Morgan fingerprint density at radius 3 is 2.49 bits per heavy atom. The first kappa shape index (κ1) is 29.2. The lowest BCUT2D eigenvalue weighted by Gasteiger charge is -2.33. The van der Waals surface area contributed by atoms with E-state index in [0.29, 0.717) is 23.1 Å². The molecule has 8 heteroatoms. The standard InChI is InChI=1S/C33H44FN5O2/c1-6-26-17-35-18-31-32(26)27(15-25-9-12-37(20-25)19-24-10-13-38(14-11-24)23(4)40)21-39(31)30-8-7-28(34)16-29(30)33(41)36(5)22(2)3/h7-8,16-18,21-22,24-25H,6,9-15,19-20H2,1-5H3/t25-/m1/s1. The predicted octanol–water partition coefficient (Wildman–Crippen LogP) is 5.33. The van der Waals surface area contributed by atoms with Gasteiger partial charge in [0.2, 0.25) is 5.91 Å². The maximum atomic E-state index is 14.4. The van der Waals surface area contributed by atoms with Crippen molar-refractivity contribution in [3.05, 3.63) is 59.3 Å². The number of carbonyl (C=O) groups is 2. The van der Waals surface area contributed by atoms with Gasteiger partial charge < -0.3 is 19.3 Å². The van der Waals surface area contributed by atoms with Crippen LogP contribution in [-0.4, -0.2) is 81.9 Å². The van der Waals surface area contributed by atoms with E-state index in [1.807, 2.05) is 35.7 Å². The Hall–Kier alpha value is -3.26. The zero-order chi connectivity index (χ0) is 29.3. The first-order chi connectivity index (χ1) is 19.7. The van der Waals surface area contributed by atoms with Crippen molar-refractivity contribution < 1.29 is 14.0 Å². The number of hydrogen-bond acceptors (Lipinski definition) is 4. The number of aromatic nitrogens is 2. The van der Waals surface area contributed by atoms with Crippen LogP contribution in [0.2, 0.25) is 0 Å². The van der Waals surface area contributed by atoms with Crippen LogP contribution in [-0.2, 0) is 17.6 Å². The van der Waals surface area contributed by atoms with Gasteiger partial charge >= 0.3 is 0 Å². The van der Waals surface area contributed by atoms with Crippen LogP contribution in [0.25, 0.3) is 16.6 Å². The van der Waals surface area contributed by atoms with E-state index < -0.39 is 5.82 Å². The molecular weight excluding hydrogens is 517 g/mol. The van der Waals surface area contributed by atoms with Gasteiger partial charge in [-0.05, 0) is 93.7 Å². The van der Waals surface area contributed by atoms with E-state index in [0.717, 1.165) is 70.3 Å². The van der Waals surface area contributed by atoms with Gasteiger partial charge in [-0.2, -0.15) is 0 Å². The number of rotatable bonds is 8. The third-order valence-electron chi connectivity index (χ3n) is 9.25. The van der Waals surface area contributed by atoms with E-state index >= 15 is 0 Å². The zero-order valence-electron chi connectivity index (χ0n) is 25.2. The molecule has 1 aromatic carbocycles. The molecule has 2 aliphatic heterocycles. The molecule has 0 bridgehead atoms. The lowest BCUT2D eigenvalue weighted by atomic mass is 9.95. The second kappa shape index (κ2) is 12.3. The van der Waals surface area contributed by atoms with Crippen LogP contribution in [0.3, 0.4) is 0 Å². The molecule has 0 N–H and O–H groups in total. The van der Waals surface area contributed by atoms with Crippen molar-refractivity contribution in [2.45, 2.75) is 65.8 Å². The van der Waals surface area contributed by atoms with E-state index in [-0.39, 0.29) is 17.9 Å². The van der Waals surface area contributed by atoms with Crippen LogP contribution in [0.5, 0.6) is 0 Å². The SMILES string of the molecule is CCc1cncc2c1c(C[C@H]1CCN(CC3CCN(C(C)=O)CC3)C1)cn2-c1ccc(F)cc1C(=O)N(C)C(C)C. The lowest BCUT2D eigenvalue weighted by Crippen LogP contribution is -2.40. The van der Waals surface area contributed by atoms with Crippen molar-refractivity contribution in [1.29, 1.82) is 0 Å². The van der Waals surface area contributed by atoms with Crippen LogP contribution in [0.1, 0.15) is 68.4 Å². The van der Waals surface area contributed by atoms with E-state index in [2.05, 4.69) is 23.0 Å². The third kappa shape index (κ3) is 6.17. The topological polar surface area (TPSA) is 61.7 Å². The molecule has 5 rings (SSSR count). The average molecular weight is 562 g/mol. The molecule has 2 fully saturated rings. The molecule has 2 aliphatic rings. The van der Waals surface area contributed by atoms with Gasteiger partial charge in [0.05, 0.1) is 23.0 Å². The number of likely N-dealkylation sites (tertiary alicyclic amines) is 2. The Bertz CT molecular complexity index is 1410. The van der Waals surface area contributed by atoms with Crippen molar-refractivity contribution in [3.8, 4) is 5.69 Å². The number of benzene rings is 1. The minimum absolute atomic E-state index is 0.00376. The monoisotopic (exact) mass is 561 g/mol. The summed E-state index contributed by atoms with van der Waals surface area (Å²) in [5, 5.41) is 1.21. The summed E-state index contributed by atoms with van der Waals surface area (Å²) < 4.78 is 16.5. The molecule has 4 heterocycles. The summed E-state index contributed by atoms with van der Waals surface area (Å²) in [6.07, 6.45) is 11.1. The number of hydrogen-bond donors (Lipinski definition) is 0. The molecule has 220 valence electrons. The molecule has 41 heavy (non-hydrogen) atoms. The molecule has 0 radical (unpaired) electrons. The van der Waals surface area contributed by atoms with Gasteiger partial charge in [-0.3, -0.25) is 14.6 Å². The molecular formula is C33H44FN5O2. The number of aryl methyl sites for hydroxylation is 1. The lowest BCUT2D eigenvalue weighted by molar-refractivity contribution is -0.130. The Morgan fingerprint density at radius 1 is 1.07 bits per heavy atom. The quantitative estimate of drug-likeness (QED) is 0.373. The van der Waals surface area contributed by atoms with Crippen LogP contribution in [0.4, 0.5) is 4.39 Å². The van der Waals surface area contributed by atoms with Gasteiger partial charge in [-0.15, -0.1) is 0 Å². The van der Waals surface area contributed by atoms with Crippen molar-refractivity contribution in [2.24, 2.45) is 11.8 Å². The summed E-state index contributed by atoms with van der Waals surface area (Å²) in [6.45, 7) is 12.8. The summed E-state index contributed by atoms with van der Waals surface area (Å²) in [6, 6.07) is 4.50. The van der Waals surface area contributed by atoms with Crippen molar-refractivity contribution >= 4 is 22.7 Å². The molecule has 0 spiro atoms. The van der Waals surface area contributed by atoms with Gasteiger partial charge in [0.1, 0.15) is 5.82 Å². The second-order valence-corrected chi connectivity index (χ2v) is 12.3. The molecule has 1 atom stereocenters. The summed E-state index contributed by atoms with van der Waals surface area (Å²) in [5.74, 6) is 0.775. The molecule has 2 aromatic heterocycles. The van der Waals surface area contributed by atoms with Gasteiger partial charge in [0.25, 0.3) is 5.91 Å². The molecule has 7 nitrogen and oxygen atoms in total. The van der Waals surface area contributed by atoms with Gasteiger partial charge in [-0.1, -0.05) is 6.92 Å². The molecule has 0 aliphatic carbocycles. The van der Waals surface area contributed by atoms with Crippen LogP contribution >= 0.6 is 0 Å². The molecule has 0 saturated carbocycles. The minimum Gasteiger partial charge on any atom is -0.343 e. The average Bonchev–Trinajstić information content (AvgIpc) is 3.56. The highest BCUT2D eigenvalue weighted by atomic mass is 19.1. The fourth-order valence-corrected chi connectivity index (χ4v) is 6.62. The van der Waals surface area contributed by atoms with Crippen LogP contribution < -0.4 is 0 Å². The highest BCUT2D eigenvalue weighted by Gasteiger charge is 2.29. The number of carbonyl (C=O) groups excluding carboxylic acids is 2. The number of piperidine rings is 1. The fourth-order valence-electron chi connectivity index (χ4n) is 6.62. The Labute approximate surface area is 243 Å². The minimum atomic E-state index is -0.420. The van der Waals surface area contributed by atoms with Crippen LogP contribution in [0, 0.1) is 17.7 Å². The summed E-state index contributed by atoms with van der Waals surface area (Å²) in [7, 11) is 1.76. The van der Waals surface area contributed by atoms with Gasteiger partial charge in [0.15, 0.2) is 0 Å². The molecule has 2 saturated heterocycles. The predicted molar refractivity (Wildman–Crippen MR) is 161 cm³/mol. The first-order valence-electron chi connectivity index (χ1n) is 15.2. The fraction of sp³-hybridized carbons (Fsp3) is 0.545. The number of nitrogens with zero attached hydrogens (tertiary/aromatic N) is 5. The van der Waals surface area contributed by atoms with Gasteiger partial charge in [-0.25, -0.2) is 4.39 Å². The maximum Gasteiger partial charge on any atom is 0.256 e. The highest BCUT2D eigenvalue weighted by Crippen LogP contribution is 2.33. The zero-order valence-corrected chi connectivity index (χ0v) is 25.2. The molecule has 3 aromatic rings. The Kier molecular flexibility index (Phi) is 8.78. The summed E-state index contributed by atoms with van der Waals surface area (Å²) in [5.41, 5.74) is 4.45. The number of fused-ring (bicyclic) bond motifs is 1. The first-order valence-corrected chi connectivity index (χ1v) is 15.2. The maximum absolute atomic E-state index is 14.4. The number of amides is 2. The molecule has 2 amide bonds. The van der Waals surface area contributed by atoms with E-state index in [9.17, 15) is 14.0 Å². The third-order valence-corrected chi connectivity index (χ3v) is 9.25. The van der Waals surface area contributed by atoms with E-state index in [1.54, 1.807) is 24.9 Å². The summed E-state index contributed by atoms with van der Waals surface area (Å²) in [4.78, 5) is 35.9. The smallest absolute Gasteiger partial charge is 0.256 e. The van der Waals surface area contributed by atoms with Crippen LogP contribution in [0.15, 0.2) is 36.8 Å². The normalized spacial score (nSPS) is 18.5. The van der Waals surface area contributed by atoms with Crippen molar-refractivity contribution in [3.63, 3.8) is 0 Å². The van der Waals surface area contributed by atoms with E-state index in [1.165, 1.54) is 28.6 Å². The van der Waals surface area contributed by atoms with Crippen molar-refractivity contribution in [2.75, 3.05) is 39.8 Å². The number of halogens is 1. The largest absolute Gasteiger partial charge is 0.343 e. The van der Waals surface area contributed by atoms with Gasteiger partial charge in [0, 0.05) is 64.0 Å². The Balaban J connectivity index is 1.40. The molecule has 0 unspecified atom stereocenters.